The average molecular weight is 498 g/mol. The van der Waals surface area contributed by atoms with E-state index in [1.165, 1.54) is 48.6 Å². The van der Waals surface area contributed by atoms with Gasteiger partial charge in [-0.3, -0.25) is 14.4 Å². The molecule has 2 heterocycles. The topological polar surface area (TPSA) is 93.1 Å². The number of amides is 2. The molecular weight excluding hydrogens is 481 g/mol. The second-order valence-corrected chi connectivity index (χ2v) is 8.34. The van der Waals surface area contributed by atoms with Crippen molar-refractivity contribution in [2.75, 3.05) is 10.6 Å². The maximum absolute atomic E-state index is 13.5. The van der Waals surface area contributed by atoms with E-state index in [1.54, 1.807) is 29.6 Å². The van der Waals surface area contributed by atoms with E-state index in [4.69, 9.17) is 0 Å². The molecule has 0 aliphatic carbocycles. The summed E-state index contributed by atoms with van der Waals surface area (Å²) in [7, 11) is 0. The molecule has 0 unspecified atom stereocenters. The minimum absolute atomic E-state index is 0.126. The number of hydrogen-bond acceptors (Lipinski definition) is 5. The van der Waals surface area contributed by atoms with Gasteiger partial charge >= 0.3 is 6.18 Å². The van der Waals surface area contributed by atoms with Crippen molar-refractivity contribution in [2.45, 2.75) is 13.1 Å². The number of nitrogens with zero attached hydrogens (tertiary/aromatic N) is 2. The Hall–Kier alpha value is -4.25. The predicted octanol–water partition coefficient (Wildman–Crippen LogP) is 5.13. The van der Waals surface area contributed by atoms with Crippen LogP contribution in [0.5, 0.6) is 0 Å². The van der Waals surface area contributed by atoms with Crippen molar-refractivity contribution < 1.29 is 22.8 Å². The van der Waals surface area contributed by atoms with E-state index in [-0.39, 0.29) is 23.0 Å². The molecular formula is C24H17F3N4O3S. The maximum Gasteiger partial charge on any atom is 0.418 e. The van der Waals surface area contributed by atoms with Gasteiger partial charge in [-0.05, 0) is 48.7 Å². The molecule has 4 aromatic rings. The second-order valence-electron chi connectivity index (χ2n) is 7.39. The lowest BCUT2D eigenvalue weighted by Crippen LogP contribution is -2.27. The molecule has 2 aromatic carbocycles. The molecule has 0 radical (unpaired) electrons. The third-order valence-electron chi connectivity index (χ3n) is 4.88. The van der Waals surface area contributed by atoms with Crippen LogP contribution in [0.15, 0.2) is 76.9 Å². The lowest BCUT2D eigenvalue weighted by atomic mass is 10.1. The first-order chi connectivity index (χ1) is 16.6. The molecule has 0 aliphatic rings. The Labute approximate surface area is 200 Å². The first kappa shape index (κ1) is 23.9. The molecule has 0 bridgehead atoms. The number of thiophene rings is 1. The van der Waals surface area contributed by atoms with Crippen LogP contribution in [0.25, 0.3) is 5.69 Å². The van der Waals surface area contributed by atoms with Crippen LogP contribution < -0.4 is 16.1 Å². The summed E-state index contributed by atoms with van der Waals surface area (Å²) in [6.45, 7) is 1.42. The van der Waals surface area contributed by atoms with Gasteiger partial charge in [0.15, 0.2) is 5.69 Å². The van der Waals surface area contributed by atoms with Gasteiger partial charge in [-0.25, -0.2) is 4.68 Å². The number of aromatic nitrogens is 2. The third kappa shape index (κ3) is 5.30. The summed E-state index contributed by atoms with van der Waals surface area (Å²) in [4.78, 5) is 38.1. The average Bonchev–Trinajstić information content (AvgIpc) is 3.34. The number of halogens is 3. The van der Waals surface area contributed by atoms with Crippen LogP contribution in [-0.4, -0.2) is 21.6 Å². The number of nitrogens with one attached hydrogen (secondary N) is 2. The monoisotopic (exact) mass is 498 g/mol. The van der Waals surface area contributed by atoms with Crippen LogP contribution in [0.3, 0.4) is 0 Å². The van der Waals surface area contributed by atoms with Gasteiger partial charge < -0.3 is 10.6 Å². The van der Waals surface area contributed by atoms with Crippen LogP contribution in [0.4, 0.5) is 24.5 Å². The van der Waals surface area contributed by atoms with Crippen LogP contribution in [0.1, 0.15) is 31.4 Å². The van der Waals surface area contributed by atoms with Crippen molar-refractivity contribution in [3.05, 3.63) is 104 Å². The van der Waals surface area contributed by atoms with Crippen molar-refractivity contribution >= 4 is 34.5 Å². The molecule has 2 aromatic heterocycles. The van der Waals surface area contributed by atoms with E-state index in [0.717, 1.165) is 16.8 Å². The second kappa shape index (κ2) is 9.55. The summed E-state index contributed by atoms with van der Waals surface area (Å²) in [5.74, 6) is -1.23. The molecule has 2 N–H and O–H groups in total. The fraction of sp³-hybridized carbons (Fsp3) is 0.0833. The zero-order valence-corrected chi connectivity index (χ0v) is 18.9. The fourth-order valence-electron chi connectivity index (χ4n) is 3.31. The number of carbonyl (C=O) groups excluding carboxylic acids is 2. The van der Waals surface area contributed by atoms with Gasteiger partial charge in [-0.2, -0.15) is 18.3 Å². The molecule has 4 rings (SSSR count). The number of benzene rings is 2. The van der Waals surface area contributed by atoms with Gasteiger partial charge in [0.05, 0.1) is 16.1 Å². The van der Waals surface area contributed by atoms with Crippen molar-refractivity contribution in [1.29, 1.82) is 0 Å². The smallest absolute Gasteiger partial charge is 0.321 e. The lowest BCUT2D eigenvalue weighted by Gasteiger charge is -2.16. The molecule has 0 atom stereocenters. The van der Waals surface area contributed by atoms with Gasteiger partial charge in [0.1, 0.15) is 0 Å². The standard InChI is InChI=1S/C24H17F3N4O3S/c1-14-12-19(32)21(30-31(14)18-9-3-2-8-17(18)24(25,26)27)23(34)29-16-7-4-6-15(13-16)28-22(33)20-10-5-11-35-20/h2-13H,1H3,(H,28,33)(H,29,34). The molecule has 0 saturated heterocycles. The number of alkyl halides is 3. The molecule has 0 saturated carbocycles. The lowest BCUT2D eigenvalue weighted by molar-refractivity contribution is -0.137. The number of anilines is 2. The predicted molar refractivity (Wildman–Crippen MR) is 126 cm³/mol. The highest BCUT2D eigenvalue weighted by atomic mass is 32.1. The van der Waals surface area contributed by atoms with E-state index in [2.05, 4.69) is 15.7 Å². The van der Waals surface area contributed by atoms with E-state index in [0.29, 0.717) is 10.6 Å². The van der Waals surface area contributed by atoms with E-state index >= 15 is 0 Å². The fourth-order valence-corrected chi connectivity index (χ4v) is 3.93. The largest absolute Gasteiger partial charge is 0.418 e. The van der Waals surface area contributed by atoms with Gasteiger partial charge in [0, 0.05) is 23.1 Å². The highest BCUT2D eigenvalue weighted by molar-refractivity contribution is 7.12. The summed E-state index contributed by atoms with van der Waals surface area (Å²) in [6, 6.07) is 15.4. The van der Waals surface area contributed by atoms with Gasteiger partial charge in [-0.1, -0.05) is 24.3 Å². The molecule has 35 heavy (non-hydrogen) atoms. The Kier molecular flexibility index (Phi) is 6.52. The van der Waals surface area contributed by atoms with Gasteiger partial charge in [0.2, 0.25) is 5.43 Å². The molecule has 2 amide bonds. The number of rotatable bonds is 5. The molecule has 0 fully saturated rings. The summed E-state index contributed by atoms with van der Waals surface area (Å²) in [6.07, 6.45) is -4.66. The van der Waals surface area contributed by atoms with Crippen LogP contribution in [0, 0.1) is 6.92 Å². The zero-order chi connectivity index (χ0) is 25.2. The van der Waals surface area contributed by atoms with Crippen LogP contribution in [0.2, 0.25) is 0 Å². The Morgan fingerprint density at radius 1 is 0.914 bits per heavy atom. The zero-order valence-electron chi connectivity index (χ0n) is 18.1. The highest BCUT2D eigenvalue weighted by Gasteiger charge is 2.34. The summed E-state index contributed by atoms with van der Waals surface area (Å²) < 4.78 is 41.4. The minimum atomic E-state index is -4.66. The first-order valence-electron chi connectivity index (χ1n) is 10.2. The van der Waals surface area contributed by atoms with Crippen molar-refractivity contribution in [1.82, 2.24) is 9.78 Å². The van der Waals surface area contributed by atoms with E-state index in [1.807, 2.05) is 0 Å². The molecule has 7 nitrogen and oxygen atoms in total. The summed E-state index contributed by atoms with van der Waals surface area (Å²) in [5.41, 5.74) is -1.83. The number of hydrogen-bond donors (Lipinski definition) is 2. The van der Waals surface area contributed by atoms with Crippen molar-refractivity contribution in [3.63, 3.8) is 0 Å². The third-order valence-corrected chi connectivity index (χ3v) is 5.75. The first-order valence-corrected chi connectivity index (χ1v) is 11.1. The molecule has 0 aliphatic heterocycles. The maximum atomic E-state index is 13.5. The Bertz CT molecular complexity index is 1460. The number of carbonyl (C=O) groups is 2. The van der Waals surface area contributed by atoms with Gasteiger partial charge in [0.25, 0.3) is 11.8 Å². The molecule has 11 heteroatoms. The summed E-state index contributed by atoms with van der Waals surface area (Å²) >= 11 is 1.27. The van der Waals surface area contributed by atoms with E-state index in [9.17, 15) is 27.6 Å². The Balaban J connectivity index is 1.62. The van der Waals surface area contributed by atoms with Gasteiger partial charge in [-0.15, -0.1) is 11.3 Å². The Morgan fingerprint density at radius 2 is 1.60 bits per heavy atom. The number of para-hydroxylation sites is 1. The van der Waals surface area contributed by atoms with E-state index < -0.39 is 28.8 Å². The number of aryl methyl sites for hydroxylation is 1. The quantitative estimate of drug-likeness (QED) is 0.399. The molecule has 178 valence electrons. The Morgan fingerprint density at radius 3 is 2.26 bits per heavy atom. The van der Waals surface area contributed by atoms with Crippen LogP contribution in [-0.2, 0) is 6.18 Å². The van der Waals surface area contributed by atoms with Crippen LogP contribution >= 0.6 is 11.3 Å². The normalized spacial score (nSPS) is 11.2. The minimum Gasteiger partial charge on any atom is -0.321 e. The SMILES string of the molecule is Cc1cc(=O)c(C(=O)Nc2cccc(NC(=O)c3cccs3)c2)nn1-c1ccccc1C(F)(F)F. The molecule has 0 spiro atoms. The van der Waals surface area contributed by atoms with Crippen molar-refractivity contribution in [2.24, 2.45) is 0 Å². The highest BCUT2D eigenvalue weighted by Crippen LogP contribution is 2.33. The summed E-state index contributed by atoms with van der Waals surface area (Å²) in [5, 5.41) is 10.9. The van der Waals surface area contributed by atoms with Crippen molar-refractivity contribution in [3.8, 4) is 5.69 Å².